The summed E-state index contributed by atoms with van der Waals surface area (Å²) in [5, 5.41) is 10.9. The van der Waals surface area contributed by atoms with Crippen molar-refractivity contribution >= 4 is 11.4 Å². The smallest absolute Gasteiger partial charge is 0.272 e. The third-order valence-electron chi connectivity index (χ3n) is 4.34. The van der Waals surface area contributed by atoms with Gasteiger partial charge in [-0.2, -0.15) is 0 Å². The van der Waals surface area contributed by atoms with Crippen molar-refractivity contribution in [2.75, 3.05) is 32.1 Å². The maximum atomic E-state index is 10.9. The van der Waals surface area contributed by atoms with Crippen LogP contribution in [0.3, 0.4) is 0 Å². The first kappa shape index (κ1) is 14.8. The minimum Gasteiger partial charge on any atom is -0.371 e. The van der Waals surface area contributed by atoms with Gasteiger partial charge in [0.15, 0.2) is 0 Å². The van der Waals surface area contributed by atoms with Crippen LogP contribution in [0, 0.1) is 23.0 Å². The second kappa shape index (κ2) is 5.79. The fourth-order valence-corrected chi connectivity index (χ4v) is 3.17. The van der Waals surface area contributed by atoms with Gasteiger partial charge < -0.3 is 9.80 Å². The van der Waals surface area contributed by atoms with E-state index in [9.17, 15) is 10.1 Å². The second-order valence-electron chi connectivity index (χ2n) is 5.93. The highest BCUT2D eigenvalue weighted by molar-refractivity contribution is 5.55. The standard InChI is InChI=1S/C15H23N3O2/c1-11-9-13(5-6-15(11)18(19)20)17(4)14-7-8-16(3)10-12(14)2/h5-6,9,12,14H,7-8,10H2,1-4H3. The zero-order valence-electron chi connectivity index (χ0n) is 12.7. The van der Waals surface area contributed by atoms with E-state index < -0.39 is 0 Å². The molecule has 1 fully saturated rings. The lowest BCUT2D eigenvalue weighted by Gasteiger charge is -2.41. The van der Waals surface area contributed by atoms with Gasteiger partial charge in [0, 0.05) is 37.0 Å². The Hall–Kier alpha value is -1.62. The SMILES string of the molecule is Cc1cc(N(C)C2CCN(C)CC2C)ccc1[N+](=O)[O-]. The minimum atomic E-state index is -0.322. The van der Waals surface area contributed by atoms with Crippen LogP contribution in [0.1, 0.15) is 18.9 Å². The van der Waals surface area contributed by atoms with Crippen LogP contribution in [-0.2, 0) is 0 Å². The molecule has 110 valence electrons. The van der Waals surface area contributed by atoms with E-state index in [4.69, 9.17) is 0 Å². The summed E-state index contributed by atoms with van der Waals surface area (Å²) in [7, 11) is 4.25. The van der Waals surface area contributed by atoms with Gasteiger partial charge in [-0.25, -0.2) is 0 Å². The van der Waals surface area contributed by atoms with Gasteiger partial charge in [-0.05, 0) is 45.0 Å². The summed E-state index contributed by atoms with van der Waals surface area (Å²) in [6.45, 7) is 6.27. The molecule has 1 aliphatic rings. The second-order valence-corrected chi connectivity index (χ2v) is 5.93. The number of hydrogen-bond acceptors (Lipinski definition) is 4. The van der Waals surface area contributed by atoms with Crippen molar-refractivity contribution in [2.45, 2.75) is 26.3 Å². The van der Waals surface area contributed by atoms with Crippen LogP contribution in [0.15, 0.2) is 18.2 Å². The zero-order valence-corrected chi connectivity index (χ0v) is 12.7. The number of hydrogen-bond donors (Lipinski definition) is 0. The highest BCUT2D eigenvalue weighted by Gasteiger charge is 2.28. The van der Waals surface area contributed by atoms with E-state index in [-0.39, 0.29) is 10.6 Å². The summed E-state index contributed by atoms with van der Waals surface area (Å²) in [5.41, 5.74) is 1.98. The van der Waals surface area contributed by atoms with E-state index in [1.54, 1.807) is 13.0 Å². The lowest BCUT2D eigenvalue weighted by Crippen LogP contribution is -2.47. The van der Waals surface area contributed by atoms with Crippen molar-refractivity contribution in [3.8, 4) is 0 Å². The van der Waals surface area contributed by atoms with Crippen LogP contribution in [0.2, 0.25) is 0 Å². The summed E-state index contributed by atoms with van der Waals surface area (Å²) in [6, 6.07) is 5.88. The Labute approximate surface area is 120 Å². The van der Waals surface area contributed by atoms with Crippen molar-refractivity contribution < 1.29 is 4.92 Å². The van der Waals surface area contributed by atoms with Gasteiger partial charge in [-0.15, -0.1) is 0 Å². The molecule has 5 nitrogen and oxygen atoms in total. The van der Waals surface area contributed by atoms with Crippen LogP contribution in [-0.4, -0.2) is 43.0 Å². The van der Waals surface area contributed by atoms with E-state index in [0.29, 0.717) is 12.0 Å². The summed E-state index contributed by atoms with van der Waals surface area (Å²) in [6.07, 6.45) is 1.13. The number of nitro benzene ring substituents is 1. The molecule has 0 amide bonds. The fourth-order valence-electron chi connectivity index (χ4n) is 3.17. The largest absolute Gasteiger partial charge is 0.371 e. The fraction of sp³-hybridized carbons (Fsp3) is 0.600. The van der Waals surface area contributed by atoms with Crippen molar-refractivity contribution in [3.05, 3.63) is 33.9 Å². The normalized spacial score (nSPS) is 23.6. The van der Waals surface area contributed by atoms with E-state index in [2.05, 4.69) is 30.8 Å². The molecular formula is C15H23N3O2. The number of rotatable bonds is 3. The van der Waals surface area contributed by atoms with Crippen LogP contribution in [0.4, 0.5) is 11.4 Å². The third kappa shape index (κ3) is 2.93. The molecular weight excluding hydrogens is 254 g/mol. The highest BCUT2D eigenvalue weighted by Crippen LogP contribution is 2.28. The number of nitrogens with zero attached hydrogens (tertiary/aromatic N) is 3. The first-order valence-corrected chi connectivity index (χ1v) is 7.06. The zero-order chi connectivity index (χ0) is 14.9. The molecule has 0 aromatic heterocycles. The van der Waals surface area contributed by atoms with Crippen molar-refractivity contribution in [3.63, 3.8) is 0 Å². The Morgan fingerprint density at radius 1 is 1.45 bits per heavy atom. The lowest BCUT2D eigenvalue weighted by molar-refractivity contribution is -0.385. The van der Waals surface area contributed by atoms with Crippen molar-refractivity contribution in [1.82, 2.24) is 4.90 Å². The molecule has 0 radical (unpaired) electrons. The van der Waals surface area contributed by atoms with Crippen LogP contribution in [0.5, 0.6) is 0 Å². The van der Waals surface area contributed by atoms with E-state index in [1.807, 2.05) is 12.1 Å². The predicted molar refractivity (Wildman–Crippen MR) is 81.3 cm³/mol. The molecule has 2 rings (SSSR count). The molecule has 0 N–H and O–H groups in total. The molecule has 0 aliphatic carbocycles. The molecule has 20 heavy (non-hydrogen) atoms. The van der Waals surface area contributed by atoms with Crippen molar-refractivity contribution in [2.24, 2.45) is 5.92 Å². The van der Waals surface area contributed by atoms with Gasteiger partial charge in [0.05, 0.1) is 4.92 Å². The molecule has 1 aromatic rings. The molecule has 0 spiro atoms. The van der Waals surface area contributed by atoms with Gasteiger partial charge >= 0.3 is 0 Å². The average molecular weight is 277 g/mol. The number of piperidine rings is 1. The van der Waals surface area contributed by atoms with E-state index in [0.717, 1.165) is 30.8 Å². The third-order valence-corrected chi connectivity index (χ3v) is 4.34. The van der Waals surface area contributed by atoms with E-state index >= 15 is 0 Å². The first-order valence-electron chi connectivity index (χ1n) is 7.06. The molecule has 5 heteroatoms. The maximum absolute atomic E-state index is 10.9. The Bertz CT molecular complexity index is 504. The number of anilines is 1. The van der Waals surface area contributed by atoms with Crippen LogP contribution < -0.4 is 4.90 Å². The predicted octanol–water partition coefficient (Wildman–Crippen LogP) is 2.68. The maximum Gasteiger partial charge on any atom is 0.272 e. The Morgan fingerprint density at radius 2 is 2.15 bits per heavy atom. The highest BCUT2D eigenvalue weighted by atomic mass is 16.6. The van der Waals surface area contributed by atoms with Gasteiger partial charge in [-0.3, -0.25) is 10.1 Å². The number of likely N-dealkylation sites (tertiary alicyclic amines) is 1. The number of nitro groups is 1. The van der Waals surface area contributed by atoms with Crippen LogP contribution >= 0.6 is 0 Å². The topological polar surface area (TPSA) is 49.6 Å². The van der Waals surface area contributed by atoms with Crippen molar-refractivity contribution in [1.29, 1.82) is 0 Å². The quantitative estimate of drug-likeness (QED) is 0.629. The number of aryl methyl sites for hydroxylation is 1. The minimum absolute atomic E-state index is 0.193. The van der Waals surface area contributed by atoms with Gasteiger partial charge in [0.25, 0.3) is 5.69 Å². The lowest BCUT2D eigenvalue weighted by atomic mass is 9.92. The summed E-state index contributed by atoms with van der Waals surface area (Å²) >= 11 is 0. The molecule has 2 atom stereocenters. The summed E-state index contributed by atoms with van der Waals surface area (Å²) in [4.78, 5) is 15.2. The Balaban J connectivity index is 2.19. The Kier molecular flexibility index (Phi) is 4.28. The molecule has 1 heterocycles. The molecule has 2 unspecified atom stereocenters. The monoisotopic (exact) mass is 277 g/mol. The molecule has 0 saturated carbocycles. The molecule has 1 saturated heterocycles. The van der Waals surface area contributed by atoms with Crippen LogP contribution in [0.25, 0.3) is 0 Å². The average Bonchev–Trinajstić information content (AvgIpc) is 2.37. The molecule has 1 aliphatic heterocycles. The van der Waals surface area contributed by atoms with Gasteiger partial charge in [-0.1, -0.05) is 6.92 Å². The first-order chi connectivity index (χ1) is 9.40. The molecule has 0 bridgehead atoms. The number of benzene rings is 1. The van der Waals surface area contributed by atoms with Gasteiger partial charge in [0.2, 0.25) is 0 Å². The molecule has 1 aromatic carbocycles. The Morgan fingerprint density at radius 3 is 2.70 bits per heavy atom. The summed E-state index contributed by atoms with van der Waals surface area (Å²) in [5.74, 6) is 0.592. The van der Waals surface area contributed by atoms with Gasteiger partial charge in [0.1, 0.15) is 0 Å². The van der Waals surface area contributed by atoms with E-state index in [1.165, 1.54) is 0 Å². The summed E-state index contributed by atoms with van der Waals surface area (Å²) < 4.78 is 0.